The van der Waals surface area contributed by atoms with Crippen LogP contribution in [0.4, 0.5) is 5.82 Å². The number of ether oxygens (including phenoxy) is 1. The molecule has 1 N–H and O–H groups in total. The van der Waals surface area contributed by atoms with Gasteiger partial charge in [-0.25, -0.2) is 9.97 Å². The van der Waals surface area contributed by atoms with Gasteiger partial charge in [-0.15, -0.1) is 11.3 Å². The van der Waals surface area contributed by atoms with E-state index in [2.05, 4.69) is 55.1 Å². The lowest BCUT2D eigenvalue weighted by Gasteiger charge is -2.19. The first-order valence-corrected chi connectivity index (χ1v) is 8.44. The van der Waals surface area contributed by atoms with E-state index in [4.69, 9.17) is 4.74 Å². The Hall–Kier alpha value is -2.14. The molecule has 0 spiro atoms. The van der Waals surface area contributed by atoms with Crippen LogP contribution in [0.5, 0.6) is 5.75 Å². The smallest absolute Gasteiger partial charge is 0.138 e. The van der Waals surface area contributed by atoms with Gasteiger partial charge < -0.3 is 10.1 Å². The number of hydrogen-bond donors (Lipinski definition) is 1. The SMILES string of the molecule is COc1ccc(C)cc1C(C)Nc1ncnc2sc(C)c(C)c12. The van der Waals surface area contributed by atoms with Gasteiger partial charge in [0.1, 0.15) is 22.7 Å². The van der Waals surface area contributed by atoms with Gasteiger partial charge in [-0.05, 0) is 39.3 Å². The van der Waals surface area contributed by atoms with E-state index < -0.39 is 0 Å². The maximum absolute atomic E-state index is 5.50. The van der Waals surface area contributed by atoms with Crippen molar-refractivity contribution in [3.05, 3.63) is 46.1 Å². The van der Waals surface area contributed by atoms with Crippen molar-refractivity contribution in [2.24, 2.45) is 0 Å². The van der Waals surface area contributed by atoms with Crippen LogP contribution >= 0.6 is 11.3 Å². The molecular formula is C18H21N3OS. The zero-order valence-electron chi connectivity index (χ0n) is 14.1. The van der Waals surface area contributed by atoms with Crippen molar-refractivity contribution in [2.75, 3.05) is 12.4 Å². The molecular weight excluding hydrogens is 306 g/mol. The van der Waals surface area contributed by atoms with Crippen molar-refractivity contribution < 1.29 is 4.74 Å². The van der Waals surface area contributed by atoms with Crippen LogP contribution in [0.1, 0.15) is 34.5 Å². The minimum absolute atomic E-state index is 0.0857. The summed E-state index contributed by atoms with van der Waals surface area (Å²) in [6.45, 7) is 8.46. The number of hydrogen-bond acceptors (Lipinski definition) is 5. The summed E-state index contributed by atoms with van der Waals surface area (Å²) >= 11 is 1.71. The van der Waals surface area contributed by atoms with Crippen LogP contribution in [0.2, 0.25) is 0 Å². The number of thiophene rings is 1. The molecule has 23 heavy (non-hydrogen) atoms. The molecule has 0 aliphatic carbocycles. The van der Waals surface area contributed by atoms with Crippen molar-refractivity contribution in [3.63, 3.8) is 0 Å². The fourth-order valence-corrected chi connectivity index (χ4v) is 3.76. The minimum Gasteiger partial charge on any atom is -0.496 e. The average molecular weight is 327 g/mol. The Labute approximate surface area is 140 Å². The van der Waals surface area contributed by atoms with Gasteiger partial charge in [-0.1, -0.05) is 17.7 Å². The van der Waals surface area contributed by atoms with Crippen molar-refractivity contribution >= 4 is 27.4 Å². The van der Waals surface area contributed by atoms with E-state index in [1.54, 1.807) is 24.8 Å². The van der Waals surface area contributed by atoms with Crippen LogP contribution in [0.25, 0.3) is 10.2 Å². The molecule has 0 saturated heterocycles. The third-order valence-corrected chi connectivity index (χ3v) is 5.29. The molecule has 0 aliphatic rings. The number of methoxy groups -OCH3 is 1. The lowest BCUT2D eigenvalue weighted by atomic mass is 10.0. The molecule has 0 saturated carbocycles. The van der Waals surface area contributed by atoms with Gasteiger partial charge in [0.2, 0.25) is 0 Å². The lowest BCUT2D eigenvalue weighted by molar-refractivity contribution is 0.408. The van der Waals surface area contributed by atoms with Crippen molar-refractivity contribution in [1.82, 2.24) is 9.97 Å². The van der Waals surface area contributed by atoms with Crippen LogP contribution in [-0.4, -0.2) is 17.1 Å². The van der Waals surface area contributed by atoms with E-state index in [1.807, 2.05) is 6.07 Å². The summed E-state index contributed by atoms with van der Waals surface area (Å²) in [5.41, 5.74) is 3.59. The summed E-state index contributed by atoms with van der Waals surface area (Å²) in [7, 11) is 1.70. The molecule has 120 valence electrons. The maximum Gasteiger partial charge on any atom is 0.138 e. The van der Waals surface area contributed by atoms with Gasteiger partial charge in [0.25, 0.3) is 0 Å². The number of nitrogens with one attached hydrogen (secondary N) is 1. The largest absolute Gasteiger partial charge is 0.496 e. The van der Waals surface area contributed by atoms with E-state index >= 15 is 0 Å². The summed E-state index contributed by atoms with van der Waals surface area (Å²) in [6, 6.07) is 6.31. The highest BCUT2D eigenvalue weighted by molar-refractivity contribution is 7.18. The maximum atomic E-state index is 5.50. The van der Waals surface area contributed by atoms with E-state index in [1.165, 1.54) is 16.0 Å². The Morgan fingerprint density at radius 1 is 1.17 bits per heavy atom. The van der Waals surface area contributed by atoms with Crippen molar-refractivity contribution in [1.29, 1.82) is 0 Å². The molecule has 2 aromatic heterocycles. The summed E-state index contributed by atoms with van der Waals surface area (Å²) in [6.07, 6.45) is 1.63. The number of nitrogens with zero attached hydrogens (tertiary/aromatic N) is 2. The van der Waals surface area contributed by atoms with Gasteiger partial charge in [-0.2, -0.15) is 0 Å². The molecule has 1 aromatic carbocycles. The van der Waals surface area contributed by atoms with Crippen LogP contribution < -0.4 is 10.1 Å². The van der Waals surface area contributed by atoms with Gasteiger partial charge in [0, 0.05) is 10.4 Å². The Bertz CT molecular complexity index is 857. The average Bonchev–Trinajstić information content (AvgIpc) is 2.83. The number of rotatable bonds is 4. The third-order valence-electron chi connectivity index (χ3n) is 4.17. The minimum atomic E-state index is 0.0857. The number of aromatic nitrogens is 2. The predicted octanol–water partition coefficient (Wildman–Crippen LogP) is 4.80. The quantitative estimate of drug-likeness (QED) is 0.748. The number of benzene rings is 1. The van der Waals surface area contributed by atoms with E-state index in [0.29, 0.717) is 0 Å². The standard InChI is InChI=1S/C18H21N3OS/c1-10-6-7-15(22-5)14(8-10)12(3)21-17-16-11(2)13(4)23-18(16)20-9-19-17/h6-9,12H,1-5H3,(H,19,20,21). The second-order valence-corrected chi connectivity index (χ2v) is 7.00. The summed E-state index contributed by atoms with van der Waals surface area (Å²) in [5, 5.41) is 4.65. The Kier molecular flexibility index (Phi) is 4.22. The molecule has 2 heterocycles. The highest BCUT2D eigenvalue weighted by Crippen LogP contribution is 2.35. The summed E-state index contributed by atoms with van der Waals surface area (Å²) in [4.78, 5) is 11.2. The van der Waals surface area contributed by atoms with Gasteiger partial charge in [0.05, 0.1) is 18.5 Å². The van der Waals surface area contributed by atoms with E-state index in [0.717, 1.165) is 27.3 Å². The summed E-state index contributed by atoms with van der Waals surface area (Å²) in [5.74, 6) is 1.77. The first-order chi connectivity index (χ1) is 11.0. The van der Waals surface area contributed by atoms with Gasteiger partial charge in [0.15, 0.2) is 0 Å². The second-order valence-electron chi connectivity index (χ2n) is 5.80. The Morgan fingerprint density at radius 3 is 2.70 bits per heavy atom. The lowest BCUT2D eigenvalue weighted by Crippen LogP contribution is -2.10. The molecule has 0 radical (unpaired) electrons. The van der Waals surface area contributed by atoms with E-state index in [-0.39, 0.29) is 6.04 Å². The topological polar surface area (TPSA) is 47.0 Å². The molecule has 3 rings (SSSR count). The summed E-state index contributed by atoms with van der Waals surface area (Å²) < 4.78 is 5.50. The van der Waals surface area contributed by atoms with Gasteiger partial charge in [-0.3, -0.25) is 0 Å². The fraction of sp³-hybridized carbons (Fsp3) is 0.333. The molecule has 0 amide bonds. The van der Waals surface area contributed by atoms with Crippen LogP contribution in [0, 0.1) is 20.8 Å². The molecule has 0 fully saturated rings. The third kappa shape index (κ3) is 2.88. The van der Waals surface area contributed by atoms with Crippen LogP contribution in [0.15, 0.2) is 24.5 Å². The van der Waals surface area contributed by atoms with Crippen LogP contribution in [0.3, 0.4) is 0 Å². The zero-order chi connectivity index (χ0) is 16.6. The normalized spacial score (nSPS) is 12.4. The molecule has 5 heteroatoms. The fourth-order valence-electron chi connectivity index (χ4n) is 2.77. The molecule has 4 nitrogen and oxygen atoms in total. The Morgan fingerprint density at radius 2 is 1.96 bits per heavy atom. The predicted molar refractivity (Wildman–Crippen MR) is 96.7 cm³/mol. The first kappa shape index (κ1) is 15.7. The monoisotopic (exact) mass is 327 g/mol. The zero-order valence-corrected chi connectivity index (χ0v) is 14.9. The number of fused-ring (bicyclic) bond motifs is 1. The van der Waals surface area contributed by atoms with Crippen molar-refractivity contribution in [2.45, 2.75) is 33.7 Å². The van der Waals surface area contributed by atoms with E-state index in [9.17, 15) is 0 Å². The van der Waals surface area contributed by atoms with Gasteiger partial charge >= 0.3 is 0 Å². The molecule has 1 unspecified atom stereocenters. The molecule has 1 atom stereocenters. The number of anilines is 1. The molecule has 0 bridgehead atoms. The number of aryl methyl sites for hydroxylation is 3. The molecule has 3 aromatic rings. The van der Waals surface area contributed by atoms with Crippen LogP contribution in [-0.2, 0) is 0 Å². The second kappa shape index (κ2) is 6.16. The highest BCUT2D eigenvalue weighted by atomic mass is 32.1. The first-order valence-electron chi connectivity index (χ1n) is 7.63. The Balaban J connectivity index is 2.01. The highest BCUT2D eigenvalue weighted by Gasteiger charge is 2.16. The molecule has 0 aliphatic heterocycles. The van der Waals surface area contributed by atoms with Crippen molar-refractivity contribution in [3.8, 4) is 5.75 Å².